The second kappa shape index (κ2) is 7.85. The average molecular weight is 205 g/mol. The molecular formula is C12H19N3. The van der Waals surface area contributed by atoms with E-state index in [1.54, 1.807) is 19.2 Å². The van der Waals surface area contributed by atoms with Crippen molar-refractivity contribution >= 4 is 6.72 Å². The SMILES string of the molecule is C=C/C=C(/N=N\C)C(\N=C)=C(\C)CCC. The summed E-state index contributed by atoms with van der Waals surface area (Å²) in [5.41, 5.74) is 2.70. The molecule has 0 radical (unpaired) electrons. The van der Waals surface area contributed by atoms with Crippen molar-refractivity contribution in [2.45, 2.75) is 26.7 Å². The molecule has 0 aliphatic heterocycles. The summed E-state index contributed by atoms with van der Waals surface area (Å²) in [4.78, 5) is 4.00. The van der Waals surface area contributed by atoms with Gasteiger partial charge in [-0.3, -0.25) is 4.99 Å². The third kappa shape index (κ3) is 4.49. The Labute approximate surface area is 92.0 Å². The van der Waals surface area contributed by atoms with E-state index in [9.17, 15) is 0 Å². The van der Waals surface area contributed by atoms with Crippen LogP contribution in [0.25, 0.3) is 0 Å². The van der Waals surface area contributed by atoms with Crippen LogP contribution in [0, 0.1) is 0 Å². The number of azo groups is 1. The van der Waals surface area contributed by atoms with Crippen LogP contribution in [0.5, 0.6) is 0 Å². The fraction of sp³-hybridized carbons (Fsp3) is 0.417. The van der Waals surface area contributed by atoms with Gasteiger partial charge in [0.2, 0.25) is 0 Å². The molecule has 0 heterocycles. The first-order chi connectivity index (χ1) is 7.21. The Balaban J connectivity index is 5.23. The number of aliphatic imine (C=N–C) groups is 1. The lowest BCUT2D eigenvalue weighted by atomic mass is 10.1. The van der Waals surface area contributed by atoms with Gasteiger partial charge in [0.05, 0.1) is 5.70 Å². The molecule has 3 heteroatoms. The van der Waals surface area contributed by atoms with Crippen molar-refractivity contribution in [1.82, 2.24) is 0 Å². The molecule has 0 aromatic carbocycles. The van der Waals surface area contributed by atoms with Gasteiger partial charge in [0, 0.05) is 7.05 Å². The van der Waals surface area contributed by atoms with E-state index in [1.165, 1.54) is 5.57 Å². The Bertz CT molecular complexity index is 309. The third-order valence-electron chi connectivity index (χ3n) is 1.91. The average Bonchev–Trinajstić information content (AvgIpc) is 2.20. The second-order valence-corrected chi connectivity index (χ2v) is 3.12. The molecule has 0 bridgehead atoms. The molecule has 0 amide bonds. The summed E-state index contributed by atoms with van der Waals surface area (Å²) < 4.78 is 0. The van der Waals surface area contributed by atoms with E-state index in [4.69, 9.17) is 0 Å². The Morgan fingerprint density at radius 2 is 2.07 bits per heavy atom. The molecule has 82 valence electrons. The van der Waals surface area contributed by atoms with Crippen LogP contribution >= 0.6 is 0 Å². The molecule has 0 spiro atoms. The molecule has 0 saturated carbocycles. The molecule has 0 unspecified atom stereocenters. The van der Waals surface area contributed by atoms with E-state index in [0.717, 1.165) is 18.5 Å². The minimum absolute atomic E-state index is 0.716. The van der Waals surface area contributed by atoms with Gasteiger partial charge in [-0.05, 0) is 31.7 Å². The summed E-state index contributed by atoms with van der Waals surface area (Å²) in [5, 5.41) is 7.76. The topological polar surface area (TPSA) is 37.1 Å². The van der Waals surface area contributed by atoms with Gasteiger partial charge in [-0.25, -0.2) is 0 Å². The molecule has 0 saturated heterocycles. The standard InChI is InChI=1S/C12H19N3/c1-6-8-10(3)12(13-4)11(9-7-2)15-14-5/h7,9H,2,4,6,8H2,1,3,5H3/b11-9+,12-10+,15-14-. The lowest BCUT2D eigenvalue weighted by Gasteiger charge is -2.05. The summed E-state index contributed by atoms with van der Waals surface area (Å²) >= 11 is 0. The largest absolute Gasteiger partial charge is 0.262 e. The lowest BCUT2D eigenvalue weighted by Crippen LogP contribution is -1.89. The Hall–Kier alpha value is -1.51. The molecule has 0 N–H and O–H groups in total. The monoisotopic (exact) mass is 205 g/mol. The van der Waals surface area contributed by atoms with Crippen molar-refractivity contribution in [2.75, 3.05) is 7.05 Å². The molecule has 0 aromatic heterocycles. The van der Waals surface area contributed by atoms with Gasteiger partial charge < -0.3 is 0 Å². The van der Waals surface area contributed by atoms with E-state index in [0.29, 0.717) is 5.70 Å². The number of hydrogen-bond donors (Lipinski definition) is 0. The van der Waals surface area contributed by atoms with Crippen molar-refractivity contribution in [1.29, 1.82) is 0 Å². The number of allylic oxidation sites excluding steroid dienone is 3. The molecule has 0 rings (SSSR count). The second-order valence-electron chi connectivity index (χ2n) is 3.12. The lowest BCUT2D eigenvalue weighted by molar-refractivity contribution is 0.884. The highest BCUT2D eigenvalue weighted by molar-refractivity contribution is 5.41. The zero-order chi connectivity index (χ0) is 11.7. The molecule has 0 fully saturated rings. The van der Waals surface area contributed by atoms with E-state index >= 15 is 0 Å². The van der Waals surface area contributed by atoms with E-state index in [-0.39, 0.29) is 0 Å². The summed E-state index contributed by atoms with van der Waals surface area (Å²) in [6, 6.07) is 0. The van der Waals surface area contributed by atoms with Crippen molar-refractivity contribution in [2.24, 2.45) is 15.2 Å². The summed E-state index contributed by atoms with van der Waals surface area (Å²) in [6.45, 7) is 11.4. The zero-order valence-electron chi connectivity index (χ0n) is 9.82. The van der Waals surface area contributed by atoms with Crippen LogP contribution in [-0.2, 0) is 0 Å². The highest BCUT2D eigenvalue weighted by atomic mass is 15.1. The first kappa shape index (κ1) is 13.5. The molecule has 0 aliphatic carbocycles. The van der Waals surface area contributed by atoms with Gasteiger partial charge in [0.15, 0.2) is 0 Å². The summed E-state index contributed by atoms with van der Waals surface area (Å²) in [6.07, 6.45) is 5.53. The van der Waals surface area contributed by atoms with E-state index in [2.05, 4.69) is 35.4 Å². The predicted octanol–water partition coefficient (Wildman–Crippen LogP) is 3.91. The maximum Gasteiger partial charge on any atom is 0.111 e. The number of nitrogens with zero attached hydrogens (tertiary/aromatic N) is 3. The van der Waals surface area contributed by atoms with Gasteiger partial charge in [0.25, 0.3) is 0 Å². The van der Waals surface area contributed by atoms with Crippen molar-refractivity contribution in [3.8, 4) is 0 Å². The van der Waals surface area contributed by atoms with Gasteiger partial charge in [-0.2, -0.15) is 10.2 Å². The van der Waals surface area contributed by atoms with Crippen molar-refractivity contribution < 1.29 is 0 Å². The first-order valence-electron chi connectivity index (χ1n) is 5.00. The zero-order valence-corrected chi connectivity index (χ0v) is 9.82. The molecule has 0 aliphatic rings. The van der Waals surface area contributed by atoms with Gasteiger partial charge in [-0.1, -0.05) is 26.0 Å². The van der Waals surface area contributed by atoms with E-state index in [1.807, 2.05) is 6.92 Å². The predicted molar refractivity (Wildman–Crippen MR) is 66.2 cm³/mol. The Morgan fingerprint density at radius 3 is 2.47 bits per heavy atom. The molecular weight excluding hydrogens is 186 g/mol. The quantitative estimate of drug-likeness (QED) is 0.358. The summed E-state index contributed by atoms with van der Waals surface area (Å²) in [5.74, 6) is 0. The highest BCUT2D eigenvalue weighted by Gasteiger charge is 2.05. The minimum Gasteiger partial charge on any atom is -0.262 e. The minimum atomic E-state index is 0.716. The number of hydrogen-bond acceptors (Lipinski definition) is 3. The fourth-order valence-electron chi connectivity index (χ4n) is 1.31. The maximum absolute atomic E-state index is 4.01. The van der Waals surface area contributed by atoms with Crippen LogP contribution in [0.2, 0.25) is 0 Å². The molecule has 3 nitrogen and oxygen atoms in total. The Morgan fingerprint density at radius 1 is 1.40 bits per heavy atom. The summed E-state index contributed by atoms with van der Waals surface area (Å²) in [7, 11) is 1.63. The van der Waals surface area contributed by atoms with Crippen molar-refractivity contribution in [3.63, 3.8) is 0 Å². The van der Waals surface area contributed by atoms with Crippen LogP contribution in [0.4, 0.5) is 0 Å². The van der Waals surface area contributed by atoms with Crippen LogP contribution in [-0.4, -0.2) is 13.8 Å². The van der Waals surface area contributed by atoms with Crippen LogP contribution in [0.3, 0.4) is 0 Å². The van der Waals surface area contributed by atoms with E-state index < -0.39 is 0 Å². The van der Waals surface area contributed by atoms with Crippen LogP contribution in [0.1, 0.15) is 26.7 Å². The molecule has 0 atom stereocenters. The normalized spacial score (nSPS) is 13.9. The van der Waals surface area contributed by atoms with Crippen molar-refractivity contribution in [3.05, 3.63) is 35.7 Å². The van der Waals surface area contributed by atoms with Crippen LogP contribution in [0.15, 0.2) is 50.9 Å². The number of rotatable bonds is 6. The molecule has 0 aromatic rings. The first-order valence-corrected chi connectivity index (χ1v) is 5.00. The smallest absolute Gasteiger partial charge is 0.111 e. The van der Waals surface area contributed by atoms with Crippen LogP contribution < -0.4 is 0 Å². The fourth-order valence-corrected chi connectivity index (χ4v) is 1.31. The molecule has 15 heavy (non-hydrogen) atoms. The van der Waals surface area contributed by atoms with Gasteiger partial charge in [0.1, 0.15) is 5.70 Å². The van der Waals surface area contributed by atoms with Gasteiger partial charge in [-0.15, -0.1) is 0 Å². The highest BCUT2D eigenvalue weighted by Crippen LogP contribution is 2.20. The maximum atomic E-state index is 4.01. The van der Waals surface area contributed by atoms with Gasteiger partial charge >= 0.3 is 0 Å². The third-order valence-corrected chi connectivity index (χ3v) is 1.91. The Kier molecular flexibility index (Phi) is 7.06.